The number of halogens is 3. The van der Waals surface area contributed by atoms with Gasteiger partial charge in [0.2, 0.25) is 0 Å². The van der Waals surface area contributed by atoms with Gasteiger partial charge in [-0.1, -0.05) is 0 Å². The van der Waals surface area contributed by atoms with Crippen molar-refractivity contribution in [2.45, 2.75) is 13.3 Å². The Labute approximate surface area is 165 Å². The van der Waals surface area contributed by atoms with Crippen LogP contribution < -0.4 is 10.2 Å². The summed E-state index contributed by atoms with van der Waals surface area (Å²) in [6.07, 6.45) is 0.918. The second-order valence-electron chi connectivity index (χ2n) is 5.59. The molecule has 0 amide bonds. The molecule has 0 saturated carbocycles. The van der Waals surface area contributed by atoms with Crippen LogP contribution in [-0.2, 0) is 4.74 Å². The van der Waals surface area contributed by atoms with E-state index >= 15 is 0 Å². The van der Waals surface area contributed by atoms with Crippen LogP contribution in [0.25, 0.3) is 0 Å². The van der Waals surface area contributed by atoms with Crippen molar-refractivity contribution in [2.75, 3.05) is 57.9 Å². The third-order valence-electron chi connectivity index (χ3n) is 3.99. The van der Waals surface area contributed by atoms with Gasteiger partial charge in [-0.05, 0) is 25.5 Å². The van der Waals surface area contributed by atoms with Gasteiger partial charge in [0.1, 0.15) is 11.6 Å². The third-order valence-corrected chi connectivity index (χ3v) is 3.99. The van der Waals surface area contributed by atoms with E-state index in [0.717, 1.165) is 38.2 Å². The predicted molar refractivity (Wildman–Crippen MR) is 108 cm³/mol. The van der Waals surface area contributed by atoms with Crippen molar-refractivity contribution >= 4 is 35.6 Å². The van der Waals surface area contributed by atoms with Crippen LogP contribution in [0.4, 0.5) is 14.5 Å². The number of aliphatic imine (C=N–C) groups is 1. The van der Waals surface area contributed by atoms with Crippen molar-refractivity contribution in [1.82, 2.24) is 10.2 Å². The summed E-state index contributed by atoms with van der Waals surface area (Å²) in [7, 11) is 1.75. The highest BCUT2D eigenvalue weighted by molar-refractivity contribution is 14.0. The Hall–Kier alpha value is -1.16. The van der Waals surface area contributed by atoms with Gasteiger partial charge in [-0.25, -0.2) is 8.78 Å². The van der Waals surface area contributed by atoms with E-state index < -0.39 is 5.82 Å². The van der Waals surface area contributed by atoms with E-state index in [9.17, 15) is 8.78 Å². The molecule has 0 atom stereocenters. The molecule has 8 heteroatoms. The van der Waals surface area contributed by atoms with Crippen LogP contribution in [0.3, 0.4) is 0 Å². The van der Waals surface area contributed by atoms with E-state index in [-0.39, 0.29) is 29.8 Å². The fraction of sp³-hybridized carbons (Fsp3) is 0.588. The average Bonchev–Trinajstić information content (AvgIpc) is 2.60. The Bertz CT molecular complexity index is 551. The number of nitrogens with zero attached hydrogens (tertiary/aromatic N) is 3. The number of benzene rings is 1. The van der Waals surface area contributed by atoms with Gasteiger partial charge in [0.15, 0.2) is 5.96 Å². The Morgan fingerprint density at radius 2 is 1.96 bits per heavy atom. The van der Waals surface area contributed by atoms with Gasteiger partial charge >= 0.3 is 0 Å². The number of hydrogen-bond acceptors (Lipinski definition) is 3. The molecule has 5 nitrogen and oxygen atoms in total. The number of ether oxygens (including phenoxy) is 1. The minimum absolute atomic E-state index is 0. The van der Waals surface area contributed by atoms with Crippen LogP contribution >= 0.6 is 24.0 Å². The molecule has 25 heavy (non-hydrogen) atoms. The SMILES string of the molecule is CCOCCCNC(=NC)N1CCN(c2cc(F)ccc2F)CC1.I. The van der Waals surface area contributed by atoms with Gasteiger partial charge < -0.3 is 19.9 Å². The largest absolute Gasteiger partial charge is 0.382 e. The summed E-state index contributed by atoms with van der Waals surface area (Å²) in [6, 6.07) is 3.57. The summed E-state index contributed by atoms with van der Waals surface area (Å²) in [5, 5.41) is 3.32. The van der Waals surface area contributed by atoms with E-state index in [0.29, 0.717) is 31.9 Å². The van der Waals surface area contributed by atoms with Crippen LogP contribution in [0.15, 0.2) is 23.2 Å². The van der Waals surface area contributed by atoms with Crippen molar-refractivity contribution in [3.8, 4) is 0 Å². The fourth-order valence-corrected chi connectivity index (χ4v) is 2.74. The number of hydrogen-bond donors (Lipinski definition) is 1. The van der Waals surface area contributed by atoms with Crippen molar-refractivity contribution in [3.63, 3.8) is 0 Å². The van der Waals surface area contributed by atoms with Crippen molar-refractivity contribution in [3.05, 3.63) is 29.8 Å². The molecule has 1 aromatic carbocycles. The van der Waals surface area contributed by atoms with Crippen LogP contribution in [0, 0.1) is 11.6 Å². The molecule has 1 aromatic rings. The van der Waals surface area contributed by atoms with E-state index in [2.05, 4.69) is 15.2 Å². The molecule has 1 aliphatic heterocycles. The second kappa shape index (κ2) is 11.5. The highest BCUT2D eigenvalue weighted by atomic mass is 127. The summed E-state index contributed by atoms with van der Waals surface area (Å²) in [5.74, 6) is 0.0368. The second-order valence-corrected chi connectivity index (χ2v) is 5.59. The zero-order valence-corrected chi connectivity index (χ0v) is 17.1. The molecule has 2 rings (SSSR count). The summed E-state index contributed by atoms with van der Waals surface area (Å²) in [6.45, 7) is 6.90. The Kier molecular flexibility index (Phi) is 10.0. The molecule has 0 spiro atoms. The smallest absolute Gasteiger partial charge is 0.193 e. The molecule has 142 valence electrons. The van der Waals surface area contributed by atoms with Crippen LogP contribution in [0.1, 0.15) is 13.3 Å². The Morgan fingerprint density at radius 3 is 2.60 bits per heavy atom. The van der Waals surface area contributed by atoms with Gasteiger partial charge in [-0.15, -0.1) is 24.0 Å². The normalized spacial score (nSPS) is 15.1. The molecule has 1 aliphatic rings. The summed E-state index contributed by atoms with van der Waals surface area (Å²) >= 11 is 0. The predicted octanol–water partition coefficient (Wildman–Crippen LogP) is 2.71. The van der Waals surface area contributed by atoms with Crippen LogP contribution in [0.2, 0.25) is 0 Å². The maximum absolute atomic E-state index is 13.9. The maximum atomic E-state index is 13.9. The summed E-state index contributed by atoms with van der Waals surface area (Å²) in [5.41, 5.74) is 0.328. The molecule has 0 radical (unpaired) electrons. The maximum Gasteiger partial charge on any atom is 0.193 e. The summed E-state index contributed by atoms with van der Waals surface area (Å²) in [4.78, 5) is 8.30. The van der Waals surface area contributed by atoms with Gasteiger partial charge in [-0.2, -0.15) is 0 Å². The standard InChI is InChI=1S/C17H26F2N4O.HI/c1-3-24-12-4-7-21-17(20-2)23-10-8-22(9-11-23)16-13-14(18)5-6-15(16)19;/h5-6,13H,3-4,7-12H2,1-2H3,(H,20,21);1H. The molecular formula is C17H27F2IN4O. The molecule has 1 heterocycles. The van der Waals surface area contributed by atoms with E-state index in [4.69, 9.17) is 4.74 Å². The number of rotatable bonds is 6. The van der Waals surface area contributed by atoms with Crippen molar-refractivity contribution < 1.29 is 13.5 Å². The minimum Gasteiger partial charge on any atom is -0.382 e. The zero-order valence-electron chi connectivity index (χ0n) is 14.8. The monoisotopic (exact) mass is 468 g/mol. The average molecular weight is 468 g/mol. The Morgan fingerprint density at radius 1 is 1.24 bits per heavy atom. The number of piperazine rings is 1. The highest BCUT2D eigenvalue weighted by Crippen LogP contribution is 2.21. The quantitative estimate of drug-likeness (QED) is 0.302. The molecular weight excluding hydrogens is 441 g/mol. The molecule has 1 saturated heterocycles. The first-order chi connectivity index (χ1) is 11.7. The third kappa shape index (κ3) is 6.58. The van der Waals surface area contributed by atoms with E-state index in [1.165, 1.54) is 12.1 Å². The van der Waals surface area contributed by atoms with Crippen LogP contribution in [0.5, 0.6) is 0 Å². The first kappa shape index (κ1) is 21.9. The first-order valence-corrected chi connectivity index (χ1v) is 8.39. The first-order valence-electron chi connectivity index (χ1n) is 8.39. The zero-order chi connectivity index (χ0) is 17.4. The lowest BCUT2D eigenvalue weighted by Gasteiger charge is -2.37. The fourth-order valence-electron chi connectivity index (χ4n) is 2.74. The molecule has 0 aliphatic carbocycles. The lowest BCUT2D eigenvalue weighted by atomic mass is 10.2. The van der Waals surface area contributed by atoms with E-state index in [1.807, 2.05) is 11.8 Å². The molecule has 1 fully saturated rings. The van der Waals surface area contributed by atoms with Gasteiger partial charge in [0, 0.05) is 59.1 Å². The molecule has 0 aromatic heterocycles. The Balaban J connectivity index is 0.00000312. The van der Waals surface area contributed by atoms with E-state index in [1.54, 1.807) is 7.05 Å². The van der Waals surface area contributed by atoms with Gasteiger partial charge in [-0.3, -0.25) is 4.99 Å². The minimum atomic E-state index is -0.416. The van der Waals surface area contributed by atoms with Crippen molar-refractivity contribution in [1.29, 1.82) is 0 Å². The molecule has 0 unspecified atom stereocenters. The molecule has 1 N–H and O–H groups in total. The lowest BCUT2D eigenvalue weighted by Crippen LogP contribution is -2.52. The molecule has 0 bridgehead atoms. The number of anilines is 1. The number of nitrogens with one attached hydrogen (secondary N) is 1. The highest BCUT2D eigenvalue weighted by Gasteiger charge is 2.21. The van der Waals surface area contributed by atoms with Crippen LogP contribution in [-0.4, -0.2) is 63.8 Å². The topological polar surface area (TPSA) is 40.1 Å². The lowest BCUT2D eigenvalue weighted by molar-refractivity contribution is 0.145. The van der Waals surface area contributed by atoms with Gasteiger partial charge in [0.05, 0.1) is 5.69 Å². The number of guanidine groups is 1. The van der Waals surface area contributed by atoms with Gasteiger partial charge in [0.25, 0.3) is 0 Å². The van der Waals surface area contributed by atoms with Crippen molar-refractivity contribution in [2.24, 2.45) is 4.99 Å². The summed E-state index contributed by atoms with van der Waals surface area (Å²) < 4.78 is 32.5.